The summed E-state index contributed by atoms with van der Waals surface area (Å²) in [6, 6.07) is 4.91. The van der Waals surface area contributed by atoms with E-state index in [4.69, 9.17) is 4.74 Å². The largest absolute Gasteiger partial charge is 0.494 e. The van der Waals surface area contributed by atoms with Crippen LogP contribution in [0.4, 0.5) is 4.39 Å². The van der Waals surface area contributed by atoms with Gasteiger partial charge < -0.3 is 4.74 Å². The number of hydrogen-bond donors (Lipinski definition) is 0. The summed E-state index contributed by atoms with van der Waals surface area (Å²) in [5.74, 6) is -0.106. The fourth-order valence-electron chi connectivity index (χ4n) is 1.58. The number of methoxy groups -OCH3 is 1. The van der Waals surface area contributed by atoms with Crippen molar-refractivity contribution >= 4 is 11.3 Å². The molecule has 0 saturated heterocycles. The minimum absolute atomic E-state index is 0.0218. The minimum atomic E-state index is -0.361. The lowest BCUT2D eigenvalue weighted by atomic mass is 9.98. The molecular formula is C14H16FNOS. The number of nitrogens with zero attached hydrogens (tertiary/aromatic N) is 1. The zero-order valence-corrected chi connectivity index (χ0v) is 11.8. The summed E-state index contributed by atoms with van der Waals surface area (Å²) in [6.45, 7) is 6.35. The summed E-state index contributed by atoms with van der Waals surface area (Å²) in [6.07, 6.45) is 0. The Hall–Kier alpha value is -1.42. The van der Waals surface area contributed by atoms with Crippen molar-refractivity contribution in [1.82, 2.24) is 4.98 Å². The molecule has 0 N–H and O–H groups in total. The molecule has 1 aromatic heterocycles. The number of ether oxygens (including phenoxy) is 1. The van der Waals surface area contributed by atoms with Crippen molar-refractivity contribution in [3.8, 4) is 17.0 Å². The van der Waals surface area contributed by atoms with E-state index in [2.05, 4.69) is 25.8 Å². The summed E-state index contributed by atoms with van der Waals surface area (Å²) in [7, 11) is 1.46. The van der Waals surface area contributed by atoms with Gasteiger partial charge in [0.05, 0.1) is 17.8 Å². The second-order valence-electron chi connectivity index (χ2n) is 5.14. The van der Waals surface area contributed by atoms with E-state index >= 15 is 0 Å². The van der Waals surface area contributed by atoms with Crippen LogP contribution in [0.5, 0.6) is 5.75 Å². The summed E-state index contributed by atoms with van der Waals surface area (Å²) in [5.41, 5.74) is 1.61. The number of aromatic nitrogens is 1. The standard InChI is InChI=1S/C14H16FNOS/c1-14(2,3)13-16-11(8-18-13)9-5-6-12(17-4)10(15)7-9/h5-8H,1-4H3. The van der Waals surface area contributed by atoms with E-state index in [1.165, 1.54) is 13.2 Å². The fraction of sp³-hybridized carbons (Fsp3) is 0.357. The lowest BCUT2D eigenvalue weighted by molar-refractivity contribution is 0.386. The molecule has 2 nitrogen and oxygen atoms in total. The van der Waals surface area contributed by atoms with Crippen molar-refractivity contribution in [2.75, 3.05) is 7.11 Å². The van der Waals surface area contributed by atoms with E-state index in [0.717, 1.165) is 16.3 Å². The topological polar surface area (TPSA) is 22.1 Å². The Morgan fingerprint density at radius 2 is 2.00 bits per heavy atom. The highest BCUT2D eigenvalue weighted by Crippen LogP contribution is 2.31. The molecule has 0 fully saturated rings. The lowest BCUT2D eigenvalue weighted by Crippen LogP contribution is -2.10. The third-order valence-electron chi connectivity index (χ3n) is 2.59. The quantitative estimate of drug-likeness (QED) is 0.809. The maximum Gasteiger partial charge on any atom is 0.165 e. The van der Waals surface area contributed by atoms with Crippen molar-refractivity contribution < 1.29 is 9.13 Å². The number of thiazole rings is 1. The van der Waals surface area contributed by atoms with Gasteiger partial charge in [0, 0.05) is 16.4 Å². The second-order valence-corrected chi connectivity index (χ2v) is 6.00. The second kappa shape index (κ2) is 4.69. The smallest absolute Gasteiger partial charge is 0.165 e. The molecule has 0 saturated carbocycles. The van der Waals surface area contributed by atoms with E-state index in [-0.39, 0.29) is 17.0 Å². The van der Waals surface area contributed by atoms with E-state index in [9.17, 15) is 4.39 Å². The lowest BCUT2D eigenvalue weighted by Gasteiger charge is -2.13. The van der Waals surface area contributed by atoms with E-state index in [0.29, 0.717) is 0 Å². The average Bonchev–Trinajstić information content (AvgIpc) is 2.77. The molecule has 0 radical (unpaired) electrons. The Kier molecular flexibility index (Phi) is 3.39. The van der Waals surface area contributed by atoms with Gasteiger partial charge >= 0.3 is 0 Å². The molecule has 96 valence electrons. The van der Waals surface area contributed by atoms with Crippen molar-refractivity contribution in [1.29, 1.82) is 0 Å². The molecular weight excluding hydrogens is 249 g/mol. The summed E-state index contributed by atoms with van der Waals surface area (Å²) < 4.78 is 18.5. The highest BCUT2D eigenvalue weighted by molar-refractivity contribution is 7.10. The zero-order valence-electron chi connectivity index (χ0n) is 11.0. The number of halogens is 1. The molecule has 1 aromatic carbocycles. The molecule has 0 amide bonds. The molecule has 0 aliphatic rings. The summed E-state index contributed by atoms with van der Waals surface area (Å²) >= 11 is 1.60. The van der Waals surface area contributed by atoms with Crippen LogP contribution < -0.4 is 4.74 Å². The first-order chi connectivity index (χ1) is 8.41. The van der Waals surface area contributed by atoms with E-state index < -0.39 is 0 Å². The average molecular weight is 265 g/mol. The van der Waals surface area contributed by atoms with Gasteiger partial charge in [0.2, 0.25) is 0 Å². The van der Waals surface area contributed by atoms with Gasteiger partial charge in [0.1, 0.15) is 0 Å². The first-order valence-electron chi connectivity index (χ1n) is 5.72. The molecule has 0 spiro atoms. The predicted molar refractivity (Wildman–Crippen MR) is 72.8 cm³/mol. The Labute approximate surface area is 110 Å². The first kappa shape index (κ1) is 13.0. The van der Waals surface area contributed by atoms with Crippen LogP contribution in [0, 0.1) is 5.82 Å². The zero-order chi connectivity index (χ0) is 13.3. The van der Waals surface area contributed by atoms with Crippen LogP contribution in [-0.2, 0) is 5.41 Å². The highest BCUT2D eigenvalue weighted by atomic mass is 32.1. The Balaban J connectivity index is 2.38. The van der Waals surface area contributed by atoms with Gasteiger partial charge in [-0.15, -0.1) is 11.3 Å². The van der Waals surface area contributed by atoms with Gasteiger partial charge in [-0.25, -0.2) is 9.37 Å². The highest BCUT2D eigenvalue weighted by Gasteiger charge is 2.18. The van der Waals surface area contributed by atoms with E-state index in [1.807, 2.05) is 11.4 Å². The summed E-state index contributed by atoms with van der Waals surface area (Å²) in [5, 5.41) is 3.01. The number of hydrogen-bond acceptors (Lipinski definition) is 3. The monoisotopic (exact) mass is 265 g/mol. The number of rotatable bonds is 2. The Morgan fingerprint density at radius 1 is 1.28 bits per heavy atom. The van der Waals surface area contributed by atoms with Crippen LogP contribution in [0.2, 0.25) is 0 Å². The molecule has 1 heterocycles. The van der Waals surface area contributed by atoms with Crippen molar-refractivity contribution in [3.63, 3.8) is 0 Å². The van der Waals surface area contributed by atoms with Crippen molar-refractivity contribution in [3.05, 3.63) is 34.4 Å². The van der Waals surface area contributed by atoms with Crippen LogP contribution >= 0.6 is 11.3 Å². The molecule has 18 heavy (non-hydrogen) atoms. The van der Waals surface area contributed by atoms with Crippen molar-refractivity contribution in [2.45, 2.75) is 26.2 Å². The first-order valence-corrected chi connectivity index (χ1v) is 6.59. The number of benzene rings is 1. The third kappa shape index (κ3) is 2.53. The Morgan fingerprint density at radius 3 is 2.50 bits per heavy atom. The van der Waals surface area contributed by atoms with Crippen LogP contribution in [-0.4, -0.2) is 12.1 Å². The van der Waals surface area contributed by atoms with Crippen LogP contribution in [0.1, 0.15) is 25.8 Å². The van der Waals surface area contributed by atoms with Gasteiger partial charge in [0.25, 0.3) is 0 Å². The summed E-state index contributed by atoms with van der Waals surface area (Å²) in [4.78, 5) is 4.56. The molecule has 0 atom stereocenters. The molecule has 0 aliphatic heterocycles. The van der Waals surface area contributed by atoms with Crippen LogP contribution in [0.25, 0.3) is 11.3 Å². The molecule has 0 bridgehead atoms. The third-order valence-corrected chi connectivity index (χ3v) is 3.86. The van der Waals surface area contributed by atoms with Crippen molar-refractivity contribution in [2.24, 2.45) is 0 Å². The molecule has 2 rings (SSSR count). The maximum absolute atomic E-state index is 13.6. The molecule has 0 unspecified atom stereocenters. The SMILES string of the molecule is COc1ccc(-c2csc(C(C)(C)C)n2)cc1F. The van der Waals surface area contributed by atoms with Gasteiger partial charge in [-0.3, -0.25) is 0 Å². The van der Waals surface area contributed by atoms with E-state index in [1.54, 1.807) is 17.4 Å². The molecule has 4 heteroatoms. The maximum atomic E-state index is 13.6. The predicted octanol–water partition coefficient (Wildman–Crippen LogP) is 4.26. The van der Waals surface area contributed by atoms with Gasteiger partial charge in [0.15, 0.2) is 11.6 Å². The normalized spacial score (nSPS) is 11.6. The van der Waals surface area contributed by atoms with Crippen LogP contribution in [0.15, 0.2) is 23.6 Å². The van der Waals surface area contributed by atoms with Crippen LogP contribution in [0.3, 0.4) is 0 Å². The fourth-order valence-corrected chi connectivity index (χ4v) is 2.49. The molecule has 0 aliphatic carbocycles. The minimum Gasteiger partial charge on any atom is -0.494 e. The van der Waals surface area contributed by atoms with Gasteiger partial charge in [-0.05, 0) is 18.2 Å². The molecule has 2 aromatic rings. The Bertz CT molecular complexity index is 557. The van der Waals surface area contributed by atoms with Gasteiger partial charge in [-0.1, -0.05) is 20.8 Å². The van der Waals surface area contributed by atoms with Gasteiger partial charge in [-0.2, -0.15) is 0 Å².